The molecule has 0 fully saturated rings. The van der Waals surface area contributed by atoms with Crippen molar-refractivity contribution >= 4 is 12.1 Å². The minimum atomic E-state index is 0.690. The molecule has 2 aromatic carbocycles. The lowest BCUT2D eigenvalue weighted by atomic mass is 10.3. The van der Waals surface area contributed by atoms with Crippen molar-refractivity contribution in [2.75, 3.05) is 5.32 Å². The Hall–Kier alpha value is -2.29. The summed E-state index contributed by atoms with van der Waals surface area (Å²) in [4.78, 5) is 10.1. The standard InChI is InChI=1S/C13H10NO2/c15-10-14-11-6-8-13(9-7-11)16-12-4-2-1-3-5-12/h1-9H,(H,14,15). The SMILES string of the molecule is O=[C]Nc1ccc(Oc2ccccc2)cc1. The molecule has 16 heavy (non-hydrogen) atoms. The zero-order chi connectivity index (χ0) is 11.2. The number of carbonyl (C=O) groups excluding carboxylic acids is 1. The maximum Gasteiger partial charge on any atom is 0.314 e. The molecule has 0 aliphatic carbocycles. The highest BCUT2D eigenvalue weighted by Crippen LogP contribution is 2.22. The zero-order valence-electron chi connectivity index (χ0n) is 8.51. The molecule has 1 radical (unpaired) electrons. The smallest absolute Gasteiger partial charge is 0.314 e. The molecule has 1 N–H and O–H groups in total. The van der Waals surface area contributed by atoms with Crippen LogP contribution in [0.25, 0.3) is 0 Å². The summed E-state index contributed by atoms with van der Waals surface area (Å²) in [6.45, 7) is 0. The molecule has 0 aromatic heterocycles. The van der Waals surface area contributed by atoms with E-state index < -0.39 is 0 Å². The van der Waals surface area contributed by atoms with Crippen LogP contribution in [0, 0.1) is 0 Å². The van der Waals surface area contributed by atoms with Crippen LogP contribution in [0.4, 0.5) is 5.69 Å². The van der Waals surface area contributed by atoms with E-state index in [1.807, 2.05) is 30.3 Å². The van der Waals surface area contributed by atoms with Gasteiger partial charge in [0.25, 0.3) is 0 Å². The van der Waals surface area contributed by atoms with Gasteiger partial charge in [0.2, 0.25) is 0 Å². The van der Waals surface area contributed by atoms with E-state index in [9.17, 15) is 4.79 Å². The summed E-state index contributed by atoms with van der Waals surface area (Å²) in [7, 11) is 0. The van der Waals surface area contributed by atoms with Crippen LogP contribution < -0.4 is 10.1 Å². The van der Waals surface area contributed by atoms with Crippen LogP contribution in [-0.2, 0) is 4.79 Å². The minimum Gasteiger partial charge on any atom is -0.457 e. The van der Waals surface area contributed by atoms with Crippen LogP contribution in [0.2, 0.25) is 0 Å². The van der Waals surface area contributed by atoms with Crippen LogP contribution in [-0.4, -0.2) is 6.41 Å². The molecule has 0 saturated carbocycles. The average molecular weight is 212 g/mol. The Morgan fingerprint density at radius 1 is 0.875 bits per heavy atom. The van der Waals surface area contributed by atoms with Crippen molar-refractivity contribution in [3.05, 3.63) is 54.6 Å². The first-order valence-corrected chi connectivity index (χ1v) is 4.84. The van der Waals surface area contributed by atoms with E-state index in [-0.39, 0.29) is 0 Å². The highest BCUT2D eigenvalue weighted by atomic mass is 16.5. The third-order valence-corrected chi connectivity index (χ3v) is 2.03. The van der Waals surface area contributed by atoms with Crippen molar-refractivity contribution in [1.82, 2.24) is 0 Å². The monoisotopic (exact) mass is 212 g/mol. The third-order valence-electron chi connectivity index (χ3n) is 2.03. The summed E-state index contributed by atoms with van der Waals surface area (Å²) in [5.41, 5.74) is 0.690. The lowest BCUT2D eigenvalue weighted by molar-refractivity contribution is 0.483. The topological polar surface area (TPSA) is 38.3 Å². The number of para-hydroxylation sites is 1. The number of rotatable bonds is 4. The normalized spacial score (nSPS) is 9.50. The Labute approximate surface area is 93.7 Å². The van der Waals surface area contributed by atoms with Gasteiger partial charge in [0, 0.05) is 5.69 Å². The molecule has 0 aliphatic heterocycles. The van der Waals surface area contributed by atoms with E-state index in [2.05, 4.69) is 5.32 Å². The van der Waals surface area contributed by atoms with Gasteiger partial charge in [-0.3, -0.25) is 4.79 Å². The maximum absolute atomic E-state index is 10.1. The Bertz CT molecular complexity index is 451. The first-order chi connectivity index (χ1) is 7.88. The summed E-state index contributed by atoms with van der Waals surface area (Å²) >= 11 is 0. The summed E-state index contributed by atoms with van der Waals surface area (Å²) < 4.78 is 5.59. The van der Waals surface area contributed by atoms with Gasteiger partial charge < -0.3 is 10.1 Å². The minimum absolute atomic E-state index is 0.690. The van der Waals surface area contributed by atoms with Crippen LogP contribution in [0.1, 0.15) is 0 Å². The molecular weight excluding hydrogens is 202 g/mol. The van der Waals surface area contributed by atoms with Crippen LogP contribution in [0.5, 0.6) is 11.5 Å². The van der Waals surface area contributed by atoms with Crippen LogP contribution >= 0.6 is 0 Å². The Kier molecular flexibility index (Phi) is 3.18. The summed E-state index contributed by atoms with van der Waals surface area (Å²) in [6.07, 6.45) is 1.61. The number of hydrogen-bond acceptors (Lipinski definition) is 2. The van der Waals surface area contributed by atoms with Crippen molar-refractivity contribution in [3.8, 4) is 11.5 Å². The van der Waals surface area contributed by atoms with Gasteiger partial charge in [-0.2, -0.15) is 0 Å². The number of ether oxygens (including phenoxy) is 1. The number of benzene rings is 2. The molecule has 2 aromatic rings. The van der Waals surface area contributed by atoms with Gasteiger partial charge in [-0.1, -0.05) is 18.2 Å². The van der Waals surface area contributed by atoms with Gasteiger partial charge in [-0.15, -0.1) is 0 Å². The number of nitrogens with one attached hydrogen (secondary N) is 1. The molecule has 0 atom stereocenters. The fourth-order valence-electron chi connectivity index (χ4n) is 1.29. The second-order valence-corrected chi connectivity index (χ2v) is 3.17. The molecule has 0 bridgehead atoms. The predicted octanol–water partition coefficient (Wildman–Crippen LogP) is 2.96. The van der Waals surface area contributed by atoms with Gasteiger partial charge in [-0.25, -0.2) is 0 Å². The summed E-state index contributed by atoms with van der Waals surface area (Å²) in [5.74, 6) is 1.51. The number of hydrogen-bond donors (Lipinski definition) is 1. The van der Waals surface area contributed by atoms with E-state index >= 15 is 0 Å². The molecule has 0 unspecified atom stereocenters. The van der Waals surface area contributed by atoms with Crippen molar-refractivity contribution in [2.24, 2.45) is 0 Å². The zero-order valence-corrected chi connectivity index (χ0v) is 8.51. The Morgan fingerprint density at radius 2 is 1.50 bits per heavy atom. The van der Waals surface area contributed by atoms with Crippen molar-refractivity contribution in [3.63, 3.8) is 0 Å². The fraction of sp³-hybridized carbons (Fsp3) is 0. The molecule has 0 spiro atoms. The van der Waals surface area contributed by atoms with Crippen LogP contribution in [0.15, 0.2) is 54.6 Å². The predicted molar refractivity (Wildman–Crippen MR) is 62.3 cm³/mol. The highest BCUT2D eigenvalue weighted by molar-refractivity contribution is 5.71. The van der Waals surface area contributed by atoms with E-state index in [0.29, 0.717) is 5.69 Å². The maximum atomic E-state index is 10.1. The van der Waals surface area contributed by atoms with E-state index in [4.69, 9.17) is 4.74 Å². The molecule has 0 heterocycles. The van der Waals surface area contributed by atoms with Gasteiger partial charge in [-0.05, 0) is 36.4 Å². The van der Waals surface area contributed by atoms with E-state index in [1.165, 1.54) is 0 Å². The van der Waals surface area contributed by atoms with Gasteiger partial charge >= 0.3 is 6.41 Å². The molecule has 3 nitrogen and oxygen atoms in total. The number of anilines is 1. The van der Waals surface area contributed by atoms with Gasteiger partial charge in [0.1, 0.15) is 11.5 Å². The molecule has 0 aliphatic rings. The largest absolute Gasteiger partial charge is 0.457 e. The van der Waals surface area contributed by atoms with E-state index in [0.717, 1.165) is 11.5 Å². The molecular formula is C13H10NO2. The summed E-state index contributed by atoms with van der Waals surface area (Å²) in [6, 6.07) is 16.6. The molecule has 1 amide bonds. The molecule has 0 saturated heterocycles. The fourth-order valence-corrected chi connectivity index (χ4v) is 1.29. The lowest BCUT2D eigenvalue weighted by Crippen LogP contribution is -1.92. The quantitative estimate of drug-likeness (QED) is 0.791. The molecule has 79 valence electrons. The van der Waals surface area contributed by atoms with Gasteiger partial charge in [0.05, 0.1) is 0 Å². The molecule has 2 rings (SSSR count). The Morgan fingerprint density at radius 3 is 2.12 bits per heavy atom. The highest BCUT2D eigenvalue weighted by Gasteiger charge is 1.96. The molecule has 3 heteroatoms. The third kappa shape index (κ3) is 2.60. The summed E-state index contributed by atoms with van der Waals surface area (Å²) in [5, 5.41) is 2.44. The van der Waals surface area contributed by atoms with Crippen molar-refractivity contribution in [2.45, 2.75) is 0 Å². The van der Waals surface area contributed by atoms with E-state index in [1.54, 1.807) is 30.7 Å². The lowest BCUT2D eigenvalue weighted by Gasteiger charge is -2.05. The van der Waals surface area contributed by atoms with Crippen LogP contribution in [0.3, 0.4) is 0 Å². The number of amides is 1. The second kappa shape index (κ2) is 4.98. The van der Waals surface area contributed by atoms with Crippen molar-refractivity contribution in [1.29, 1.82) is 0 Å². The second-order valence-electron chi connectivity index (χ2n) is 3.17. The average Bonchev–Trinajstić information content (AvgIpc) is 2.33. The first kappa shape index (κ1) is 10.2. The Balaban J connectivity index is 2.08. The van der Waals surface area contributed by atoms with Gasteiger partial charge in [0.15, 0.2) is 0 Å². The first-order valence-electron chi connectivity index (χ1n) is 4.84. The van der Waals surface area contributed by atoms with Crippen molar-refractivity contribution < 1.29 is 9.53 Å².